The molecule has 1 fully saturated rings. The molecule has 2 aromatic carbocycles. The van der Waals surface area contributed by atoms with Crippen molar-refractivity contribution in [3.05, 3.63) is 92.3 Å². The van der Waals surface area contributed by atoms with Crippen LogP contribution in [-0.4, -0.2) is 26.4 Å². The van der Waals surface area contributed by atoms with Gasteiger partial charge >= 0.3 is 0 Å². The molecule has 172 valence electrons. The van der Waals surface area contributed by atoms with E-state index in [1.807, 2.05) is 43.5 Å². The Bertz CT molecular complexity index is 1420. The highest BCUT2D eigenvalue weighted by Gasteiger charge is 2.35. The van der Waals surface area contributed by atoms with Crippen LogP contribution in [-0.2, 0) is 9.59 Å². The number of hydrogen-bond acceptors (Lipinski definition) is 5. The molecule has 0 aliphatic carbocycles. The summed E-state index contributed by atoms with van der Waals surface area (Å²) in [5, 5.41) is 13.8. The molecule has 1 aromatic heterocycles. The Labute approximate surface area is 201 Å². The molecule has 34 heavy (non-hydrogen) atoms. The zero-order valence-corrected chi connectivity index (χ0v) is 19.9. The number of nitro benzene ring substituents is 1. The zero-order chi connectivity index (χ0) is 24.7. The maximum absolute atomic E-state index is 13.4. The summed E-state index contributed by atoms with van der Waals surface area (Å²) >= 11 is 5.29. The summed E-state index contributed by atoms with van der Waals surface area (Å²) in [6.07, 6.45) is 1.56. The van der Waals surface area contributed by atoms with Crippen molar-refractivity contribution in [3.8, 4) is 5.69 Å². The van der Waals surface area contributed by atoms with Gasteiger partial charge in [0.15, 0.2) is 5.11 Å². The van der Waals surface area contributed by atoms with Crippen molar-refractivity contribution in [2.75, 3.05) is 4.90 Å². The number of non-ortho nitro benzene ring substituents is 1. The van der Waals surface area contributed by atoms with Crippen LogP contribution in [0, 0.1) is 37.8 Å². The summed E-state index contributed by atoms with van der Waals surface area (Å²) in [4.78, 5) is 38.1. The monoisotopic (exact) mass is 474 g/mol. The van der Waals surface area contributed by atoms with Gasteiger partial charge < -0.3 is 4.57 Å². The fraction of sp³-hybridized carbons (Fsp3) is 0.160. The van der Waals surface area contributed by atoms with Gasteiger partial charge in [-0.3, -0.25) is 29.9 Å². The summed E-state index contributed by atoms with van der Waals surface area (Å²) in [6.45, 7) is 7.44. The second kappa shape index (κ2) is 8.68. The van der Waals surface area contributed by atoms with Gasteiger partial charge in [-0.25, -0.2) is 0 Å². The SMILES string of the molecule is Cc1ccccc1N1C(=O)/C(=C/c2cc(C)n(-c3ccc([N+](=O)[O-])cc3C)c2C)C(=O)NC1=S. The summed E-state index contributed by atoms with van der Waals surface area (Å²) in [5.74, 6) is -1.06. The third-order valence-electron chi connectivity index (χ3n) is 5.86. The number of nitro groups is 1. The van der Waals surface area contributed by atoms with E-state index in [0.717, 1.165) is 28.2 Å². The van der Waals surface area contributed by atoms with Crippen molar-refractivity contribution < 1.29 is 14.5 Å². The Morgan fingerprint density at radius 3 is 2.32 bits per heavy atom. The highest BCUT2D eigenvalue weighted by Crippen LogP contribution is 2.29. The van der Waals surface area contributed by atoms with Gasteiger partial charge in [0.05, 0.1) is 10.6 Å². The highest BCUT2D eigenvalue weighted by molar-refractivity contribution is 7.80. The fourth-order valence-corrected chi connectivity index (χ4v) is 4.43. The molecule has 0 atom stereocenters. The molecule has 0 spiro atoms. The molecule has 8 nitrogen and oxygen atoms in total. The standard InChI is InChI=1S/C25H22N4O4S/c1-14-7-5-6-8-21(14)28-24(31)20(23(30)26-25(28)34)13-18-12-16(3)27(17(18)4)22-10-9-19(29(32)33)11-15(22)2/h5-13H,1-4H3,(H,26,30,34)/b20-13+. The first-order chi connectivity index (χ1) is 16.1. The molecule has 9 heteroatoms. The van der Waals surface area contributed by atoms with Crippen molar-refractivity contribution in [1.82, 2.24) is 9.88 Å². The Morgan fingerprint density at radius 2 is 1.68 bits per heavy atom. The van der Waals surface area contributed by atoms with E-state index >= 15 is 0 Å². The van der Waals surface area contributed by atoms with Crippen molar-refractivity contribution in [2.24, 2.45) is 0 Å². The van der Waals surface area contributed by atoms with E-state index < -0.39 is 16.7 Å². The van der Waals surface area contributed by atoms with Gasteiger partial charge in [-0.1, -0.05) is 18.2 Å². The Balaban J connectivity index is 1.78. The first-order valence-corrected chi connectivity index (χ1v) is 10.9. The molecule has 0 bridgehead atoms. The fourth-order valence-electron chi connectivity index (χ4n) is 4.15. The molecule has 2 amide bonds. The van der Waals surface area contributed by atoms with Gasteiger partial charge in [0.25, 0.3) is 17.5 Å². The molecule has 3 aromatic rings. The molecule has 1 N–H and O–H groups in total. The van der Waals surface area contributed by atoms with Gasteiger partial charge in [-0.2, -0.15) is 0 Å². The summed E-state index contributed by atoms with van der Waals surface area (Å²) in [5.41, 5.74) is 5.29. The second-order valence-corrected chi connectivity index (χ2v) is 8.52. The largest absolute Gasteiger partial charge is 0.318 e. The number of thiocarbonyl (C=S) groups is 1. The third kappa shape index (κ3) is 3.90. The lowest BCUT2D eigenvalue weighted by Crippen LogP contribution is -2.54. The lowest BCUT2D eigenvalue weighted by Gasteiger charge is -2.30. The number of aromatic nitrogens is 1. The molecule has 1 aliphatic rings. The van der Waals surface area contributed by atoms with Gasteiger partial charge in [-0.05, 0) is 80.9 Å². The van der Waals surface area contributed by atoms with Crippen LogP contribution in [0.3, 0.4) is 0 Å². The molecule has 2 heterocycles. The number of benzene rings is 2. The van der Waals surface area contributed by atoms with E-state index in [0.29, 0.717) is 11.3 Å². The van der Waals surface area contributed by atoms with E-state index in [1.54, 1.807) is 31.2 Å². The molecule has 0 unspecified atom stereocenters. The lowest BCUT2D eigenvalue weighted by atomic mass is 10.1. The van der Waals surface area contributed by atoms with Crippen LogP contribution in [0.5, 0.6) is 0 Å². The third-order valence-corrected chi connectivity index (χ3v) is 6.14. The molecule has 0 saturated carbocycles. The maximum atomic E-state index is 13.4. The van der Waals surface area contributed by atoms with Crippen molar-refractivity contribution in [2.45, 2.75) is 27.7 Å². The molecular formula is C25H22N4O4S. The minimum Gasteiger partial charge on any atom is -0.318 e. The molecular weight excluding hydrogens is 452 g/mol. The smallest absolute Gasteiger partial charge is 0.270 e. The predicted octanol–water partition coefficient (Wildman–Crippen LogP) is 4.45. The number of anilines is 1. The molecule has 1 aliphatic heterocycles. The number of nitrogens with one attached hydrogen (secondary N) is 1. The van der Waals surface area contributed by atoms with E-state index in [4.69, 9.17) is 12.2 Å². The van der Waals surface area contributed by atoms with Crippen LogP contribution in [0.1, 0.15) is 28.1 Å². The van der Waals surface area contributed by atoms with E-state index in [2.05, 4.69) is 5.32 Å². The minimum atomic E-state index is -0.559. The molecule has 0 radical (unpaired) electrons. The van der Waals surface area contributed by atoms with Gasteiger partial charge in [-0.15, -0.1) is 0 Å². The summed E-state index contributed by atoms with van der Waals surface area (Å²) < 4.78 is 1.94. The summed E-state index contributed by atoms with van der Waals surface area (Å²) in [7, 11) is 0. The first kappa shape index (κ1) is 23.1. The number of carbonyl (C=O) groups excluding carboxylic acids is 2. The number of nitrogens with zero attached hydrogens (tertiary/aromatic N) is 3. The predicted molar refractivity (Wildman–Crippen MR) is 134 cm³/mol. The van der Waals surface area contributed by atoms with Crippen LogP contribution in [0.4, 0.5) is 11.4 Å². The number of para-hydroxylation sites is 1. The Hall–Kier alpha value is -4.11. The Morgan fingerprint density at radius 1 is 0.971 bits per heavy atom. The van der Waals surface area contributed by atoms with Crippen molar-refractivity contribution >= 4 is 46.6 Å². The van der Waals surface area contributed by atoms with Gasteiger partial charge in [0, 0.05) is 29.2 Å². The maximum Gasteiger partial charge on any atom is 0.270 e. The van der Waals surface area contributed by atoms with Crippen LogP contribution >= 0.6 is 12.2 Å². The number of hydrogen-bond donors (Lipinski definition) is 1. The average molecular weight is 475 g/mol. The lowest BCUT2D eigenvalue weighted by molar-refractivity contribution is -0.384. The molecule has 1 saturated heterocycles. The first-order valence-electron chi connectivity index (χ1n) is 10.5. The van der Waals surface area contributed by atoms with Crippen LogP contribution < -0.4 is 10.2 Å². The van der Waals surface area contributed by atoms with Crippen molar-refractivity contribution in [1.29, 1.82) is 0 Å². The number of amides is 2. The van der Waals surface area contributed by atoms with Crippen LogP contribution in [0.15, 0.2) is 54.1 Å². The quantitative estimate of drug-likeness (QED) is 0.198. The average Bonchev–Trinajstić information content (AvgIpc) is 3.05. The number of rotatable bonds is 4. The van der Waals surface area contributed by atoms with Crippen LogP contribution in [0.2, 0.25) is 0 Å². The summed E-state index contributed by atoms with van der Waals surface area (Å²) in [6, 6.07) is 13.8. The highest BCUT2D eigenvalue weighted by atomic mass is 32.1. The number of aryl methyl sites for hydroxylation is 3. The minimum absolute atomic E-state index is 0.0165. The van der Waals surface area contributed by atoms with Crippen molar-refractivity contribution in [3.63, 3.8) is 0 Å². The normalized spacial score (nSPS) is 15.1. The van der Waals surface area contributed by atoms with Gasteiger partial charge in [0.1, 0.15) is 5.57 Å². The van der Waals surface area contributed by atoms with E-state index in [-0.39, 0.29) is 16.4 Å². The molecule has 4 rings (SSSR count). The number of carbonyl (C=O) groups is 2. The van der Waals surface area contributed by atoms with E-state index in [1.165, 1.54) is 17.0 Å². The topological polar surface area (TPSA) is 97.5 Å². The van der Waals surface area contributed by atoms with E-state index in [9.17, 15) is 19.7 Å². The Kier molecular flexibility index (Phi) is 5.89. The zero-order valence-electron chi connectivity index (χ0n) is 19.1. The van der Waals surface area contributed by atoms with Crippen LogP contribution in [0.25, 0.3) is 11.8 Å². The van der Waals surface area contributed by atoms with Gasteiger partial charge in [0.2, 0.25) is 0 Å². The second-order valence-electron chi connectivity index (χ2n) is 8.13.